The van der Waals surface area contributed by atoms with Crippen LogP contribution in [0.3, 0.4) is 0 Å². The van der Waals surface area contributed by atoms with E-state index in [4.69, 9.17) is 0 Å². The molecule has 0 unspecified atom stereocenters. The summed E-state index contributed by atoms with van der Waals surface area (Å²) in [6, 6.07) is 9.82. The van der Waals surface area contributed by atoms with Crippen molar-refractivity contribution < 1.29 is 4.79 Å². The third-order valence-electron chi connectivity index (χ3n) is 3.31. The third-order valence-corrected chi connectivity index (χ3v) is 4.16. The van der Waals surface area contributed by atoms with Crippen LogP contribution in [-0.4, -0.2) is 32.8 Å². The van der Waals surface area contributed by atoms with Crippen LogP contribution >= 0.6 is 11.8 Å². The molecule has 122 valence electrons. The number of carbonyl (C=O) groups excluding carboxylic acids is 1. The fourth-order valence-corrected chi connectivity index (χ4v) is 3.04. The highest BCUT2D eigenvalue weighted by Crippen LogP contribution is 2.16. The van der Waals surface area contributed by atoms with Gasteiger partial charge in [0.2, 0.25) is 0 Å². The Hall–Kier alpha value is -2.67. The molecule has 0 spiro atoms. The predicted octanol–water partition coefficient (Wildman–Crippen LogP) is 2.82. The highest BCUT2D eigenvalue weighted by molar-refractivity contribution is 7.99. The number of rotatable bonds is 5. The van der Waals surface area contributed by atoms with E-state index in [1.54, 1.807) is 6.21 Å². The zero-order valence-electron chi connectivity index (χ0n) is 13.4. The summed E-state index contributed by atoms with van der Waals surface area (Å²) in [7, 11) is 0. The molecule has 2 heterocycles. The van der Waals surface area contributed by atoms with Gasteiger partial charge in [-0.1, -0.05) is 30.0 Å². The Kier molecular flexibility index (Phi) is 4.90. The van der Waals surface area contributed by atoms with E-state index in [0.717, 1.165) is 27.9 Å². The molecule has 1 aromatic carbocycles. The maximum atomic E-state index is 11.9. The topological polar surface area (TPSA) is 83.0 Å². The second kappa shape index (κ2) is 7.27. The largest absolute Gasteiger partial charge is 0.361 e. The van der Waals surface area contributed by atoms with Crippen LogP contribution in [0.15, 0.2) is 46.8 Å². The Balaban J connectivity index is 1.55. The molecule has 0 saturated carbocycles. The van der Waals surface area contributed by atoms with Crippen molar-refractivity contribution in [2.75, 3.05) is 5.75 Å². The maximum Gasteiger partial charge on any atom is 0.250 e. The Morgan fingerprint density at radius 2 is 2.04 bits per heavy atom. The molecule has 7 heteroatoms. The Bertz CT molecular complexity index is 883. The lowest BCUT2D eigenvalue weighted by Crippen LogP contribution is -2.19. The lowest BCUT2D eigenvalue weighted by Gasteiger charge is -2.02. The number of hydrogen-bond donors (Lipinski definition) is 2. The lowest BCUT2D eigenvalue weighted by molar-refractivity contribution is -0.118. The average molecular weight is 339 g/mol. The Morgan fingerprint density at radius 3 is 2.83 bits per heavy atom. The van der Waals surface area contributed by atoms with E-state index in [0.29, 0.717) is 5.16 Å². The summed E-state index contributed by atoms with van der Waals surface area (Å²) in [6.07, 6.45) is 3.49. The summed E-state index contributed by atoms with van der Waals surface area (Å²) in [5.41, 5.74) is 6.27. The van der Waals surface area contributed by atoms with Gasteiger partial charge >= 0.3 is 0 Å². The highest BCUT2D eigenvalue weighted by Gasteiger charge is 2.05. The second-order valence-electron chi connectivity index (χ2n) is 5.30. The van der Waals surface area contributed by atoms with E-state index in [1.807, 2.05) is 50.4 Å². The first-order valence-corrected chi connectivity index (χ1v) is 8.43. The van der Waals surface area contributed by atoms with Crippen LogP contribution < -0.4 is 5.43 Å². The Morgan fingerprint density at radius 1 is 1.29 bits per heavy atom. The number of hydrogen-bond acceptors (Lipinski definition) is 5. The van der Waals surface area contributed by atoms with Gasteiger partial charge in [-0.25, -0.2) is 15.4 Å². The minimum atomic E-state index is -0.196. The first kappa shape index (κ1) is 16.2. The second-order valence-corrected chi connectivity index (χ2v) is 6.25. The summed E-state index contributed by atoms with van der Waals surface area (Å²) >= 11 is 1.29. The molecular formula is C17H17N5OS. The first-order valence-electron chi connectivity index (χ1n) is 7.45. The summed E-state index contributed by atoms with van der Waals surface area (Å²) in [6.45, 7) is 3.81. The van der Waals surface area contributed by atoms with Gasteiger partial charge in [-0.05, 0) is 26.0 Å². The first-order chi connectivity index (χ1) is 11.6. The fourth-order valence-electron chi connectivity index (χ4n) is 2.30. The number of aromatic nitrogens is 3. The monoisotopic (exact) mass is 339 g/mol. The van der Waals surface area contributed by atoms with Crippen LogP contribution in [0.25, 0.3) is 10.9 Å². The van der Waals surface area contributed by atoms with Gasteiger partial charge in [-0.2, -0.15) is 5.10 Å². The number of para-hydroxylation sites is 1. The molecule has 0 aliphatic carbocycles. The maximum absolute atomic E-state index is 11.9. The molecular weight excluding hydrogens is 322 g/mol. The van der Waals surface area contributed by atoms with Crippen molar-refractivity contribution in [3.05, 3.63) is 53.5 Å². The molecule has 3 aromatic rings. The molecule has 24 heavy (non-hydrogen) atoms. The number of aromatic amines is 1. The molecule has 6 nitrogen and oxygen atoms in total. The number of amides is 1. The number of nitrogens with zero attached hydrogens (tertiary/aromatic N) is 3. The molecule has 0 bridgehead atoms. The van der Waals surface area contributed by atoms with Gasteiger partial charge in [0, 0.05) is 34.1 Å². The normalized spacial score (nSPS) is 11.2. The van der Waals surface area contributed by atoms with Crippen molar-refractivity contribution in [3.8, 4) is 0 Å². The molecule has 0 saturated heterocycles. The van der Waals surface area contributed by atoms with E-state index in [2.05, 4.69) is 25.5 Å². The molecule has 0 fully saturated rings. The van der Waals surface area contributed by atoms with Crippen molar-refractivity contribution in [1.82, 2.24) is 20.4 Å². The minimum Gasteiger partial charge on any atom is -0.361 e. The number of nitrogens with one attached hydrogen (secondary N) is 2. The van der Waals surface area contributed by atoms with Crippen LogP contribution in [0.4, 0.5) is 0 Å². The quantitative estimate of drug-likeness (QED) is 0.324. The molecule has 0 atom stereocenters. The molecule has 1 amide bonds. The molecule has 0 radical (unpaired) electrons. The number of fused-ring (bicyclic) bond motifs is 1. The van der Waals surface area contributed by atoms with Gasteiger partial charge in [-0.3, -0.25) is 4.79 Å². The van der Waals surface area contributed by atoms with E-state index in [1.165, 1.54) is 11.8 Å². The van der Waals surface area contributed by atoms with Gasteiger partial charge in [0.15, 0.2) is 5.16 Å². The zero-order chi connectivity index (χ0) is 16.9. The van der Waals surface area contributed by atoms with Gasteiger partial charge < -0.3 is 4.98 Å². The molecule has 0 aliphatic heterocycles. The van der Waals surface area contributed by atoms with Crippen LogP contribution in [0, 0.1) is 13.8 Å². The van der Waals surface area contributed by atoms with Gasteiger partial charge in [0.25, 0.3) is 5.91 Å². The van der Waals surface area contributed by atoms with Crippen molar-refractivity contribution in [2.45, 2.75) is 19.0 Å². The minimum absolute atomic E-state index is 0.196. The van der Waals surface area contributed by atoms with E-state index in [9.17, 15) is 4.79 Å². The SMILES string of the molecule is Cc1cc(C)nc(SCC(=O)N/N=C\c2c[nH]c3ccccc23)n1. The van der Waals surface area contributed by atoms with Crippen LogP contribution in [-0.2, 0) is 4.79 Å². The number of thioether (sulfide) groups is 1. The standard InChI is InChI=1S/C17H17N5OS/c1-11-7-12(2)21-17(20-11)24-10-16(23)22-19-9-13-8-18-15-6-4-3-5-14(13)15/h3-9,18H,10H2,1-2H3,(H,22,23)/b19-9-. The fraction of sp³-hybridized carbons (Fsp3) is 0.176. The van der Waals surface area contributed by atoms with E-state index < -0.39 is 0 Å². The van der Waals surface area contributed by atoms with Crippen molar-refractivity contribution in [3.63, 3.8) is 0 Å². The number of benzene rings is 1. The van der Waals surface area contributed by atoms with Crippen LogP contribution in [0.2, 0.25) is 0 Å². The van der Waals surface area contributed by atoms with Crippen LogP contribution in [0.1, 0.15) is 17.0 Å². The van der Waals surface area contributed by atoms with Crippen LogP contribution in [0.5, 0.6) is 0 Å². The summed E-state index contributed by atoms with van der Waals surface area (Å²) in [5.74, 6) is 0.0209. The highest BCUT2D eigenvalue weighted by atomic mass is 32.2. The van der Waals surface area contributed by atoms with Gasteiger partial charge in [0.1, 0.15) is 0 Å². The molecule has 0 aliphatic rings. The predicted molar refractivity (Wildman–Crippen MR) is 96.3 cm³/mol. The number of aryl methyl sites for hydroxylation is 2. The van der Waals surface area contributed by atoms with E-state index >= 15 is 0 Å². The number of hydrazone groups is 1. The van der Waals surface area contributed by atoms with Crippen molar-refractivity contribution in [2.24, 2.45) is 5.10 Å². The van der Waals surface area contributed by atoms with E-state index in [-0.39, 0.29) is 11.7 Å². The van der Waals surface area contributed by atoms with Crippen molar-refractivity contribution in [1.29, 1.82) is 0 Å². The zero-order valence-corrected chi connectivity index (χ0v) is 14.2. The lowest BCUT2D eigenvalue weighted by atomic mass is 10.2. The van der Waals surface area contributed by atoms with Gasteiger partial charge in [0.05, 0.1) is 12.0 Å². The van der Waals surface area contributed by atoms with Crippen molar-refractivity contribution >= 4 is 34.8 Å². The Labute approximate surface area is 143 Å². The van der Waals surface area contributed by atoms with Gasteiger partial charge in [-0.15, -0.1) is 0 Å². The smallest absolute Gasteiger partial charge is 0.250 e. The number of carbonyl (C=O) groups is 1. The summed E-state index contributed by atoms with van der Waals surface area (Å²) in [5, 5.41) is 5.68. The summed E-state index contributed by atoms with van der Waals surface area (Å²) in [4.78, 5) is 23.6. The molecule has 2 aromatic heterocycles. The molecule has 3 rings (SSSR count). The summed E-state index contributed by atoms with van der Waals surface area (Å²) < 4.78 is 0. The average Bonchev–Trinajstić information content (AvgIpc) is 2.96. The third kappa shape index (κ3) is 3.99. The number of H-pyrrole nitrogens is 1. The molecule has 2 N–H and O–H groups in total.